The molecular weight excluding hydrogens is 576 g/mol. The predicted octanol–water partition coefficient (Wildman–Crippen LogP) is 0.925. The van der Waals surface area contributed by atoms with Crippen LogP contribution < -0.4 is 67.4 Å². The molecule has 3 heterocycles. The summed E-state index contributed by atoms with van der Waals surface area (Å²) in [5, 5.41) is 2.56. The topological polar surface area (TPSA) is 88.8 Å². The first-order chi connectivity index (χ1) is 19.0. The SMILES string of the molecule is O=C(N[C@@H]1CC[C@@H](c2cccc(F)c2F)CN(CC(F)(F)F)C1=O)N1CCC(n2c(=O)[n-]c3ccccc32)CC1.[K+]. The van der Waals surface area contributed by atoms with E-state index in [1.165, 1.54) is 17.0 Å². The number of amides is 3. The van der Waals surface area contributed by atoms with Crippen LogP contribution in [-0.4, -0.2) is 64.7 Å². The second kappa shape index (κ2) is 12.9. The molecule has 1 aromatic heterocycles. The number of urea groups is 1. The van der Waals surface area contributed by atoms with Crippen molar-refractivity contribution in [2.45, 2.75) is 49.9 Å². The zero-order chi connectivity index (χ0) is 28.6. The number of rotatable bonds is 4. The fraction of sp³-hybridized carbons (Fsp3) is 0.444. The van der Waals surface area contributed by atoms with E-state index >= 15 is 0 Å². The van der Waals surface area contributed by atoms with Gasteiger partial charge < -0.3 is 24.7 Å². The van der Waals surface area contributed by atoms with Gasteiger partial charge in [-0.15, -0.1) is 0 Å². The first-order valence-corrected chi connectivity index (χ1v) is 13.0. The normalized spacial score (nSPS) is 20.6. The summed E-state index contributed by atoms with van der Waals surface area (Å²) in [7, 11) is 0. The van der Waals surface area contributed by atoms with E-state index in [4.69, 9.17) is 0 Å². The van der Waals surface area contributed by atoms with Crippen LogP contribution in [0.5, 0.6) is 0 Å². The van der Waals surface area contributed by atoms with Crippen LogP contribution in [0.1, 0.15) is 43.2 Å². The number of likely N-dealkylation sites (tertiary alicyclic amines) is 2. The minimum atomic E-state index is -4.72. The van der Waals surface area contributed by atoms with Crippen LogP contribution in [0.2, 0.25) is 0 Å². The number of hydrogen-bond acceptors (Lipinski definition) is 3. The Hall–Kier alpha value is -2.26. The summed E-state index contributed by atoms with van der Waals surface area (Å²) in [5.41, 5.74) is 0.800. The Balaban J connectivity index is 0.00000387. The number of carbonyl (C=O) groups is 2. The summed E-state index contributed by atoms with van der Waals surface area (Å²) in [5.74, 6) is -4.10. The molecule has 2 aliphatic rings. The van der Waals surface area contributed by atoms with Gasteiger partial charge >= 0.3 is 63.6 Å². The van der Waals surface area contributed by atoms with Gasteiger partial charge in [-0.05, 0) is 54.4 Å². The maximum Gasteiger partial charge on any atom is 1.00 e. The van der Waals surface area contributed by atoms with Crippen molar-refractivity contribution in [1.82, 2.24) is 24.7 Å². The molecule has 2 atom stereocenters. The number of piperidine rings is 1. The van der Waals surface area contributed by atoms with Gasteiger partial charge in [0.1, 0.15) is 12.6 Å². The molecule has 0 radical (unpaired) electrons. The second-order valence-corrected chi connectivity index (χ2v) is 10.2. The van der Waals surface area contributed by atoms with Gasteiger partial charge in [-0.1, -0.05) is 36.4 Å². The molecule has 2 aliphatic heterocycles. The van der Waals surface area contributed by atoms with Crippen molar-refractivity contribution in [2.75, 3.05) is 26.2 Å². The number of benzene rings is 2. The predicted molar refractivity (Wildman–Crippen MR) is 135 cm³/mol. The van der Waals surface area contributed by atoms with Gasteiger partial charge in [0, 0.05) is 25.6 Å². The number of alkyl halides is 3. The Bertz CT molecular complexity index is 1470. The molecule has 2 saturated heterocycles. The molecule has 41 heavy (non-hydrogen) atoms. The minimum Gasteiger partial charge on any atom is -0.407 e. The summed E-state index contributed by atoms with van der Waals surface area (Å²) >= 11 is 0. The smallest absolute Gasteiger partial charge is 0.407 e. The largest absolute Gasteiger partial charge is 1.00 e. The summed E-state index contributed by atoms with van der Waals surface area (Å²) in [6.45, 7) is -1.53. The Labute approximate surface area is 274 Å². The van der Waals surface area contributed by atoms with Crippen molar-refractivity contribution in [1.29, 1.82) is 0 Å². The zero-order valence-electron chi connectivity index (χ0n) is 22.3. The van der Waals surface area contributed by atoms with Crippen molar-refractivity contribution < 1.29 is 82.9 Å². The monoisotopic (exact) mass is 603 g/mol. The first kappa shape index (κ1) is 31.7. The molecule has 5 rings (SSSR count). The molecule has 8 nitrogen and oxygen atoms in total. The van der Waals surface area contributed by atoms with E-state index in [0.29, 0.717) is 28.8 Å². The molecule has 0 aliphatic carbocycles. The first-order valence-electron chi connectivity index (χ1n) is 13.0. The van der Waals surface area contributed by atoms with Crippen molar-refractivity contribution >= 4 is 23.0 Å². The molecule has 2 aromatic carbocycles. The maximum atomic E-state index is 14.5. The average molecular weight is 604 g/mol. The number of para-hydroxylation sites is 2. The molecule has 0 unspecified atom stereocenters. The van der Waals surface area contributed by atoms with E-state index in [1.54, 1.807) is 22.8 Å². The maximum absolute atomic E-state index is 14.5. The Morgan fingerprint density at radius 2 is 1.68 bits per heavy atom. The molecule has 14 heteroatoms. The van der Waals surface area contributed by atoms with E-state index < -0.39 is 54.8 Å². The molecule has 3 aromatic rings. The quantitative estimate of drug-likeness (QED) is 0.355. The van der Waals surface area contributed by atoms with Gasteiger partial charge in [-0.3, -0.25) is 9.59 Å². The number of carbonyl (C=O) groups excluding carboxylic acids is 2. The standard InChI is InChI=1S/C27H28F5N5O3.K/c28-19-5-3-4-18(23(19)29)16-8-9-21(24(38)36(14-16)15-27(30,31)32)34-25(39)35-12-10-17(11-13-35)37-22-7-2-1-6-20(22)33-26(37)40;/h1-7,16-17,21H,8-15H2,(H2,33,34,39,40);/q;+1/p-1/t16-,21-;/m1./s1. The van der Waals surface area contributed by atoms with Gasteiger partial charge in [0.2, 0.25) is 5.91 Å². The molecule has 0 saturated carbocycles. The zero-order valence-corrected chi connectivity index (χ0v) is 25.5. The van der Waals surface area contributed by atoms with E-state index in [1.807, 2.05) is 6.07 Å². The number of aromatic nitrogens is 2. The van der Waals surface area contributed by atoms with E-state index in [9.17, 15) is 36.3 Å². The van der Waals surface area contributed by atoms with Crippen LogP contribution in [0.3, 0.4) is 0 Å². The van der Waals surface area contributed by atoms with Crippen molar-refractivity contribution in [3.05, 3.63) is 70.1 Å². The number of imidazole rings is 1. The number of fused-ring (bicyclic) bond motifs is 1. The van der Waals surface area contributed by atoms with Crippen molar-refractivity contribution in [3.8, 4) is 0 Å². The summed E-state index contributed by atoms with van der Waals surface area (Å²) in [6, 6.07) is 8.54. The summed E-state index contributed by atoms with van der Waals surface area (Å²) < 4.78 is 69.9. The number of nitrogens with zero attached hydrogens (tertiary/aromatic N) is 4. The van der Waals surface area contributed by atoms with Crippen LogP contribution in [0, 0.1) is 11.6 Å². The molecule has 0 spiro atoms. The third kappa shape index (κ3) is 7.04. The minimum absolute atomic E-state index is 0. The molecule has 0 bridgehead atoms. The van der Waals surface area contributed by atoms with Crippen molar-refractivity contribution in [3.63, 3.8) is 0 Å². The Morgan fingerprint density at radius 1 is 0.976 bits per heavy atom. The Kier molecular flexibility index (Phi) is 9.99. The Morgan fingerprint density at radius 3 is 2.39 bits per heavy atom. The second-order valence-electron chi connectivity index (χ2n) is 10.2. The third-order valence-corrected chi connectivity index (χ3v) is 7.62. The van der Waals surface area contributed by atoms with E-state index in [-0.39, 0.29) is 94.6 Å². The molecule has 2 fully saturated rings. The molecular formula is C27H27F5KN5O3. The molecule has 3 amide bonds. The van der Waals surface area contributed by atoms with Gasteiger partial charge in [0.15, 0.2) is 17.3 Å². The van der Waals surface area contributed by atoms with Gasteiger partial charge in [0.25, 0.3) is 0 Å². The van der Waals surface area contributed by atoms with Crippen LogP contribution in [-0.2, 0) is 4.79 Å². The third-order valence-electron chi connectivity index (χ3n) is 7.62. The fourth-order valence-corrected chi connectivity index (χ4v) is 5.68. The van der Waals surface area contributed by atoms with E-state index in [0.717, 1.165) is 6.07 Å². The molecule has 1 N–H and O–H groups in total. The summed E-state index contributed by atoms with van der Waals surface area (Å²) in [4.78, 5) is 44.7. The number of halogens is 5. The summed E-state index contributed by atoms with van der Waals surface area (Å²) in [6.07, 6.45) is -3.81. The van der Waals surface area contributed by atoms with E-state index in [2.05, 4.69) is 10.3 Å². The number of nitrogens with one attached hydrogen (secondary N) is 1. The van der Waals surface area contributed by atoms with Gasteiger partial charge in [-0.2, -0.15) is 13.2 Å². The van der Waals surface area contributed by atoms with Crippen LogP contribution in [0.15, 0.2) is 47.3 Å². The fourth-order valence-electron chi connectivity index (χ4n) is 5.68. The average Bonchev–Trinajstić information content (AvgIpc) is 3.18. The number of hydrogen-bond donors (Lipinski definition) is 1. The van der Waals surface area contributed by atoms with Gasteiger partial charge in [0.05, 0.1) is 0 Å². The molecule has 214 valence electrons. The van der Waals surface area contributed by atoms with Crippen LogP contribution in [0.25, 0.3) is 11.0 Å². The van der Waals surface area contributed by atoms with Crippen LogP contribution in [0.4, 0.5) is 26.7 Å². The van der Waals surface area contributed by atoms with Crippen molar-refractivity contribution in [2.24, 2.45) is 0 Å². The van der Waals surface area contributed by atoms with Crippen LogP contribution >= 0.6 is 0 Å². The van der Waals surface area contributed by atoms with Gasteiger partial charge in [-0.25, -0.2) is 13.6 Å².